The summed E-state index contributed by atoms with van der Waals surface area (Å²) >= 11 is 0. The number of hydrogen-bond acceptors (Lipinski definition) is 4. The monoisotopic (exact) mass is 310 g/mol. The predicted molar refractivity (Wildman–Crippen MR) is 81.4 cm³/mol. The minimum atomic E-state index is -3.23. The Labute approximate surface area is 125 Å². The van der Waals surface area contributed by atoms with E-state index in [2.05, 4.69) is 5.32 Å². The van der Waals surface area contributed by atoms with E-state index < -0.39 is 15.9 Å². The maximum absolute atomic E-state index is 12.2. The van der Waals surface area contributed by atoms with Crippen molar-refractivity contribution in [3.05, 3.63) is 29.8 Å². The van der Waals surface area contributed by atoms with E-state index in [0.29, 0.717) is 16.9 Å². The Morgan fingerprint density at radius 1 is 1.43 bits per heavy atom. The van der Waals surface area contributed by atoms with Gasteiger partial charge in [-0.2, -0.15) is 0 Å². The highest BCUT2D eigenvalue weighted by Gasteiger charge is 2.32. The molecule has 1 aromatic rings. The van der Waals surface area contributed by atoms with Crippen molar-refractivity contribution in [2.24, 2.45) is 11.7 Å². The van der Waals surface area contributed by atoms with Crippen molar-refractivity contribution < 1.29 is 13.2 Å². The van der Waals surface area contributed by atoms with Gasteiger partial charge in [0.15, 0.2) is 9.84 Å². The summed E-state index contributed by atoms with van der Waals surface area (Å²) < 4.78 is 24.1. The fourth-order valence-electron chi connectivity index (χ4n) is 2.52. The molecule has 5 nitrogen and oxygen atoms in total. The van der Waals surface area contributed by atoms with Crippen LogP contribution in [-0.2, 0) is 14.6 Å². The zero-order chi connectivity index (χ0) is 15.6. The second kappa shape index (κ2) is 6.15. The number of nitrogens with two attached hydrogens (primary N) is 1. The van der Waals surface area contributed by atoms with Crippen molar-refractivity contribution >= 4 is 15.7 Å². The van der Waals surface area contributed by atoms with E-state index in [1.54, 1.807) is 24.3 Å². The smallest absolute Gasteiger partial charge is 0.237 e. The van der Waals surface area contributed by atoms with E-state index in [1.165, 1.54) is 0 Å². The molecule has 116 valence electrons. The van der Waals surface area contributed by atoms with Gasteiger partial charge in [-0.25, -0.2) is 8.42 Å². The molecule has 0 aromatic heterocycles. The summed E-state index contributed by atoms with van der Waals surface area (Å²) in [4.78, 5) is 12.5. The maximum Gasteiger partial charge on any atom is 0.237 e. The molecule has 1 heterocycles. The quantitative estimate of drug-likeness (QED) is 0.879. The van der Waals surface area contributed by atoms with Crippen LogP contribution >= 0.6 is 0 Å². The zero-order valence-electron chi connectivity index (χ0n) is 12.4. The Morgan fingerprint density at radius 2 is 2.10 bits per heavy atom. The van der Waals surface area contributed by atoms with Crippen LogP contribution in [0, 0.1) is 5.92 Å². The third kappa shape index (κ3) is 3.27. The molecule has 0 radical (unpaired) electrons. The molecular formula is C15H22N2O3S. The second-order valence-corrected chi connectivity index (χ2v) is 7.70. The van der Waals surface area contributed by atoms with Gasteiger partial charge in [0.1, 0.15) is 0 Å². The van der Waals surface area contributed by atoms with Gasteiger partial charge in [-0.05, 0) is 24.0 Å². The van der Waals surface area contributed by atoms with Crippen molar-refractivity contribution in [1.29, 1.82) is 0 Å². The van der Waals surface area contributed by atoms with E-state index in [-0.39, 0.29) is 23.6 Å². The summed E-state index contributed by atoms with van der Waals surface area (Å²) in [5, 5.41) is 2.90. The van der Waals surface area contributed by atoms with Crippen molar-refractivity contribution in [3.8, 4) is 0 Å². The SMILES string of the molecule is CCC(C)C(N)C(=O)NC1CCS(=O)(=O)c2ccccc21. The minimum absolute atomic E-state index is 0.0491. The molecule has 1 amide bonds. The molecular weight excluding hydrogens is 288 g/mol. The van der Waals surface area contributed by atoms with Crippen LogP contribution in [0.5, 0.6) is 0 Å². The number of fused-ring (bicyclic) bond motifs is 1. The summed E-state index contributed by atoms with van der Waals surface area (Å²) in [5.74, 6) is -0.0796. The first-order valence-electron chi connectivity index (χ1n) is 7.24. The lowest BCUT2D eigenvalue weighted by Gasteiger charge is -2.28. The van der Waals surface area contributed by atoms with Crippen molar-refractivity contribution in [2.45, 2.75) is 43.7 Å². The lowest BCUT2D eigenvalue weighted by molar-refractivity contribution is -0.124. The number of rotatable bonds is 4. The highest BCUT2D eigenvalue weighted by Crippen LogP contribution is 2.31. The van der Waals surface area contributed by atoms with Crippen LogP contribution in [0.4, 0.5) is 0 Å². The molecule has 1 aliphatic heterocycles. The van der Waals surface area contributed by atoms with Crippen LogP contribution < -0.4 is 11.1 Å². The molecule has 0 bridgehead atoms. The fourth-order valence-corrected chi connectivity index (χ4v) is 4.14. The Hall–Kier alpha value is -1.40. The fraction of sp³-hybridized carbons (Fsp3) is 0.533. The van der Waals surface area contributed by atoms with Gasteiger partial charge < -0.3 is 11.1 Å². The molecule has 0 saturated heterocycles. The van der Waals surface area contributed by atoms with E-state index >= 15 is 0 Å². The van der Waals surface area contributed by atoms with Crippen LogP contribution in [0.2, 0.25) is 0 Å². The Morgan fingerprint density at radius 3 is 2.76 bits per heavy atom. The summed E-state index contributed by atoms with van der Waals surface area (Å²) in [6.07, 6.45) is 1.21. The normalized spacial score (nSPS) is 22.9. The number of carbonyl (C=O) groups excluding carboxylic acids is 1. The number of hydrogen-bond donors (Lipinski definition) is 2. The summed E-state index contributed by atoms with van der Waals surface area (Å²) in [6, 6.07) is 5.98. The lowest BCUT2D eigenvalue weighted by atomic mass is 9.97. The lowest BCUT2D eigenvalue weighted by Crippen LogP contribution is -2.46. The Kier molecular flexibility index (Phi) is 4.68. The molecule has 2 rings (SSSR count). The van der Waals surface area contributed by atoms with Crippen molar-refractivity contribution in [1.82, 2.24) is 5.32 Å². The van der Waals surface area contributed by atoms with Crippen LogP contribution in [0.3, 0.4) is 0 Å². The van der Waals surface area contributed by atoms with Gasteiger partial charge in [-0.3, -0.25) is 4.79 Å². The van der Waals surface area contributed by atoms with E-state index in [9.17, 15) is 13.2 Å². The Bertz CT molecular complexity index is 628. The van der Waals surface area contributed by atoms with Crippen molar-refractivity contribution in [2.75, 3.05) is 5.75 Å². The Balaban J connectivity index is 2.21. The molecule has 0 saturated carbocycles. The molecule has 0 fully saturated rings. The number of nitrogens with one attached hydrogen (secondary N) is 1. The third-order valence-electron chi connectivity index (χ3n) is 4.18. The number of sulfone groups is 1. The average Bonchev–Trinajstić information content (AvgIpc) is 2.48. The van der Waals surface area contributed by atoms with Gasteiger partial charge in [-0.1, -0.05) is 38.5 Å². The van der Waals surface area contributed by atoms with Gasteiger partial charge in [0.2, 0.25) is 5.91 Å². The molecule has 1 aliphatic rings. The molecule has 3 N–H and O–H groups in total. The molecule has 0 spiro atoms. The first-order chi connectivity index (χ1) is 9.86. The second-order valence-electron chi connectivity index (χ2n) is 5.62. The summed E-state index contributed by atoms with van der Waals surface area (Å²) in [5.41, 5.74) is 6.59. The van der Waals surface area contributed by atoms with Gasteiger partial charge in [0.05, 0.1) is 22.7 Å². The topological polar surface area (TPSA) is 89.3 Å². The highest BCUT2D eigenvalue weighted by molar-refractivity contribution is 7.91. The van der Waals surface area contributed by atoms with Crippen LogP contribution in [-0.4, -0.2) is 26.1 Å². The summed E-state index contributed by atoms with van der Waals surface area (Å²) in [7, 11) is -3.23. The van der Waals surface area contributed by atoms with E-state index in [1.807, 2.05) is 13.8 Å². The van der Waals surface area contributed by atoms with Crippen LogP contribution in [0.1, 0.15) is 38.3 Å². The van der Waals surface area contributed by atoms with Crippen LogP contribution in [0.25, 0.3) is 0 Å². The molecule has 3 unspecified atom stereocenters. The van der Waals surface area contributed by atoms with Gasteiger partial charge in [0.25, 0.3) is 0 Å². The number of carbonyl (C=O) groups is 1. The molecule has 3 atom stereocenters. The van der Waals surface area contributed by atoms with Gasteiger partial charge in [-0.15, -0.1) is 0 Å². The van der Waals surface area contributed by atoms with Crippen molar-refractivity contribution in [3.63, 3.8) is 0 Å². The highest BCUT2D eigenvalue weighted by atomic mass is 32.2. The molecule has 1 aromatic carbocycles. The number of amides is 1. The maximum atomic E-state index is 12.2. The third-order valence-corrected chi connectivity index (χ3v) is 6.00. The number of benzene rings is 1. The summed E-state index contributed by atoms with van der Waals surface area (Å²) in [6.45, 7) is 3.92. The van der Waals surface area contributed by atoms with E-state index in [4.69, 9.17) is 5.73 Å². The van der Waals surface area contributed by atoms with Crippen LogP contribution in [0.15, 0.2) is 29.2 Å². The molecule has 0 aliphatic carbocycles. The molecule has 21 heavy (non-hydrogen) atoms. The first-order valence-corrected chi connectivity index (χ1v) is 8.89. The standard InChI is InChI=1S/C15H22N2O3S/c1-3-10(2)14(16)15(18)17-12-8-9-21(19,20)13-7-5-4-6-11(12)13/h4-7,10,12,14H,3,8-9,16H2,1-2H3,(H,17,18). The van der Waals surface area contributed by atoms with Gasteiger partial charge in [0, 0.05) is 0 Å². The largest absolute Gasteiger partial charge is 0.348 e. The zero-order valence-corrected chi connectivity index (χ0v) is 13.2. The minimum Gasteiger partial charge on any atom is -0.348 e. The molecule has 6 heteroatoms. The predicted octanol–water partition coefficient (Wildman–Crippen LogP) is 1.39. The first kappa shape index (κ1) is 16.0. The van der Waals surface area contributed by atoms with Gasteiger partial charge >= 0.3 is 0 Å². The van der Waals surface area contributed by atoms with E-state index in [0.717, 1.165) is 6.42 Å². The average molecular weight is 310 g/mol.